The van der Waals surface area contributed by atoms with Gasteiger partial charge in [0.15, 0.2) is 9.84 Å². The average molecular weight is 259 g/mol. The van der Waals surface area contributed by atoms with Gasteiger partial charge in [0.2, 0.25) is 0 Å². The summed E-state index contributed by atoms with van der Waals surface area (Å²) in [5.74, 6) is -0.0133. The zero-order valence-corrected chi connectivity index (χ0v) is 10.9. The van der Waals surface area contributed by atoms with E-state index >= 15 is 0 Å². The van der Waals surface area contributed by atoms with E-state index in [0.717, 1.165) is 13.0 Å². The first-order valence-electron chi connectivity index (χ1n) is 6.36. The van der Waals surface area contributed by atoms with Gasteiger partial charge in [-0.3, -0.25) is 0 Å². The van der Waals surface area contributed by atoms with Crippen LogP contribution in [0.25, 0.3) is 0 Å². The summed E-state index contributed by atoms with van der Waals surface area (Å²) in [7, 11) is -3.03. The van der Waals surface area contributed by atoms with E-state index in [4.69, 9.17) is 0 Å². The Morgan fingerprint density at radius 1 is 1.35 bits per heavy atom. The maximum Gasteiger partial charge on any atom is 0.154 e. The number of allylic oxidation sites excluding steroid dienone is 1. The van der Waals surface area contributed by atoms with Gasteiger partial charge in [-0.25, -0.2) is 8.42 Å². The Balaban J connectivity index is 1.74. The van der Waals surface area contributed by atoms with Gasteiger partial charge in [0.05, 0.1) is 17.6 Å². The fraction of sp³-hybridized carbons (Fsp3) is 0.833. The van der Waals surface area contributed by atoms with E-state index in [0.29, 0.717) is 0 Å². The van der Waals surface area contributed by atoms with Gasteiger partial charge in [-0.05, 0) is 38.6 Å². The van der Waals surface area contributed by atoms with Crippen molar-refractivity contribution in [2.75, 3.05) is 18.1 Å². The van der Waals surface area contributed by atoms with Crippen LogP contribution >= 0.6 is 0 Å². The molecule has 4 nitrogen and oxygen atoms in total. The van der Waals surface area contributed by atoms with E-state index in [1.807, 2.05) is 0 Å². The lowest BCUT2D eigenvalue weighted by Gasteiger charge is -2.17. The number of rotatable bonds is 4. The highest BCUT2D eigenvalue weighted by molar-refractivity contribution is 7.91. The first-order chi connectivity index (χ1) is 8.07. The molecule has 0 unspecified atom stereocenters. The van der Waals surface area contributed by atoms with Crippen LogP contribution in [0.1, 0.15) is 32.1 Å². The molecule has 2 rings (SSSR count). The third-order valence-electron chi connectivity index (χ3n) is 3.56. The summed E-state index contributed by atoms with van der Waals surface area (Å²) >= 11 is 0. The molecule has 1 fully saturated rings. The number of sulfone groups is 1. The highest BCUT2D eigenvalue weighted by Gasteiger charge is 2.35. The molecule has 0 saturated carbocycles. The third-order valence-corrected chi connectivity index (χ3v) is 5.28. The predicted octanol–water partition coefficient (Wildman–Crippen LogP) is 0.624. The maximum atomic E-state index is 11.3. The van der Waals surface area contributed by atoms with Gasteiger partial charge in [-0.2, -0.15) is 0 Å². The first-order valence-corrected chi connectivity index (χ1v) is 8.19. The second kappa shape index (κ2) is 5.50. The molecule has 0 amide bonds. The summed E-state index contributed by atoms with van der Waals surface area (Å²) in [6.45, 7) is 0.767. The second-order valence-electron chi connectivity index (χ2n) is 5.06. The summed E-state index contributed by atoms with van der Waals surface area (Å²) in [5, 5.41) is 12.8. The molecule has 1 aliphatic carbocycles. The SMILES string of the molecule is O=S1(=O)C[C@H](O)[C@H](NCCC2=CCCCC2)C1. The van der Waals surface area contributed by atoms with Crippen LogP contribution in [0.4, 0.5) is 0 Å². The van der Waals surface area contributed by atoms with Crippen molar-refractivity contribution in [1.82, 2.24) is 5.32 Å². The lowest BCUT2D eigenvalue weighted by atomic mass is 9.97. The van der Waals surface area contributed by atoms with Crippen LogP contribution in [0.2, 0.25) is 0 Å². The number of nitrogens with one attached hydrogen (secondary N) is 1. The van der Waals surface area contributed by atoms with Crippen LogP contribution in [-0.2, 0) is 9.84 Å². The van der Waals surface area contributed by atoms with Gasteiger partial charge in [0.1, 0.15) is 0 Å². The lowest BCUT2D eigenvalue weighted by molar-refractivity contribution is 0.166. The molecular formula is C12H21NO3S. The van der Waals surface area contributed by atoms with Crippen molar-refractivity contribution in [3.63, 3.8) is 0 Å². The largest absolute Gasteiger partial charge is 0.390 e. The molecule has 2 atom stereocenters. The average Bonchev–Trinajstić information content (AvgIpc) is 2.53. The molecule has 1 aliphatic heterocycles. The first kappa shape index (κ1) is 13.1. The van der Waals surface area contributed by atoms with Crippen molar-refractivity contribution in [2.24, 2.45) is 0 Å². The molecule has 0 spiro atoms. The summed E-state index contributed by atoms with van der Waals surface area (Å²) in [6.07, 6.45) is 7.45. The molecule has 98 valence electrons. The fourth-order valence-electron chi connectivity index (χ4n) is 2.57. The third kappa shape index (κ3) is 3.79. The van der Waals surface area contributed by atoms with E-state index in [1.165, 1.54) is 31.3 Å². The Kier molecular flexibility index (Phi) is 4.22. The van der Waals surface area contributed by atoms with Gasteiger partial charge in [0.25, 0.3) is 0 Å². The number of hydrogen-bond acceptors (Lipinski definition) is 4. The van der Waals surface area contributed by atoms with E-state index in [9.17, 15) is 13.5 Å². The molecular weight excluding hydrogens is 238 g/mol. The normalized spacial score (nSPS) is 32.4. The Morgan fingerprint density at radius 2 is 2.18 bits per heavy atom. The van der Waals surface area contributed by atoms with Crippen molar-refractivity contribution in [3.05, 3.63) is 11.6 Å². The monoisotopic (exact) mass is 259 g/mol. The van der Waals surface area contributed by atoms with Gasteiger partial charge >= 0.3 is 0 Å². The van der Waals surface area contributed by atoms with Crippen LogP contribution in [0.3, 0.4) is 0 Å². The number of aliphatic hydroxyl groups is 1. The van der Waals surface area contributed by atoms with Crippen molar-refractivity contribution in [3.8, 4) is 0 Å². The molecule has 5 heteroatoms. The highest BCUT2D eigenvalue weighted by atomic mass is 32.2. The van der Waals surface area contributed by atoms with Crippen molar-refractivity contribution >= 4 is 9.84 Å². The van der Waals surface area contributed by atoms with Crippen LogP contribution < -0.4 is 5.32 Å². The molecule has 2 aliphatic rings. The molecule has 0 aromatic carbocycles. The highest BCUT2D eigenvalue weighted by Crippen LogP contribution is 2.20. The second-order valence-corrected chi connectivity index (χ2v) is 7.22. The summed E-state index contributed by atoms with van der Waals surface area (Å²) in [6, 6.07) is -0.274. The molecule has 1 saturated heterocycles. The van der Waals surface area contributed by atoms with Gasteiger partial charge in [-0.1, -0.05) is 11.6 Å². The summed E-state index contributed by atoms with van der Waals surface area (Å²) in [4.78, 5) is 0. The molecule has 0 aromatic heterocycles. The Morgan fingerprint density at radius 3 is 2.76 bits per heavy atom. The minimum atomic E-state index is -3.03. The summed E-state index contributed by atoms with van der Waals surface area (Å²) in [5.41, 5.74) is 1.47. The van der Waals surface area contributed by atoms with E-state index in [1.54, 1.807) is 0 Å². The van der Waals surface area contributed by atoms with Crippen LogP contribution in [0.5, 0.6) is 0 Å². The zero-order valence-electron chi connectivity index (χ0n) is 10.1. The van der Waals surface area contributed by atoms with Crippen molar-refractivity contribution in [2.45, 2.75) is 44.2 Å². The maximum absolute atomic E-state index is 11.3. The molecule has 17 heavy (non-hydrogen) atoms. The molecule has 2 N–H and O–H groups in total. The standard InChI is InChI=1S/C12H21NO3S/c14-12-9-17(15,16)8-11(12)13-7-6-10-4-2-1-3-5-10/h4,11-14H,1-3,5-9H2/t11-,12+/m1/s1. The minimum absolute atomic E-state index is 0.0766. The smallest absolute Gasteiger partial charge is 0.154 e. The number of aliphatic hydroxyl groups excluding tert-OH is 1. The van der Waals surface area contributed by atoms with Crippen molar-refractivity contribution in [1.29, 1.82) is 0 Å². The van der Waals surface area contributed by atoms with Crippen molar-refractivity contribution < 1.29 is 13.5 Å². The predicted molar refractivity (Wildman–Crippen MR) is 67.6 cm³/mol. The van der Waals surface area contributed by atoms with Crippen LogP contribution in [0.15, 0.2) is 11.6 Å². The topological polar surface area (TPSA) is 66.4 Å². The summed E-state index contributed by atoms with van der Waals surface area (Å²) < 4.78 is 22.6. The molecule has 1 heterocycles. The van der Waals surface area contributed by atoms with Crippen LogP contribution in [-0.4, -0.2) is 43.7 Å². The van der Waals surface area contributed by atoms with Gasteiger partial charge in [-0.15, -0.1) is 0 Å². The zero-order chi connectivity index (χ0) is 12.3. The van der Waals surface area contributed by atoms with E-state index in [-0.39, 0.29) is 17.5 Å². The number of hydrogen-bond donors (Lipinski definition) is 2. The van der Waals surface area contributed by atoms with Gasteiger partial charge < -0.3 is 10.4 Å². The van der Waals surface area contributed by atoms with Crippen LogP contribution in [0, 0.1) is 0 Å². The lowest BCUT2D eigenvalue weighted by Crippen LogP contribution is -2.39. The Bertz CT molecular complexity index is 389. The van der Waals surface area contributed by atoms with Gasteiger partial charge in [0, 0.05) is 6.04 Å². The fourth-order valence-corrected chi connectivity index (χ4v) is 4.35. The quantitative estimate of drug-likeness (QED) is 0.727. The Labute approximate surface area is 103 Å². The van der Waals surface area contributed by atoms with E-state index < -0.39 is 15.9 Å². The van der Waals surface area contributed by atoms with E-state index in [2.05, 4.69) is 11.4 Å². The molecule has 0 aromatic rings. The minimum Gasteiger partial charge on any atom is -0.390 e. The molecule has 0 radical (unpaired) electrons. The Hall–Kier alpha value is -0.390. The molecule has 0 bridgehead atoms.